The summed E-state index contributed by atoms with van der Waals surface area (Å²) in [7, 11) is 0. The fourth-order valence-corrected chi connectivity index (χ4v) is 1.53. The Morgan fingerprint density at radius 1 is 1.35 bits per heavy atom. The van der Waals surface area contributed by atoms with Crippen molar-refractivity contribution < 1.29 is 8.91 Å². The number of rotatable bonds is 4. The lowest BCUT2D eigenvalue weighted by atomic mass is 10.1. The number of aryl methyl sites for hydroxylation is 1. The van der Waals surface area contributed by atoms with Crippen molar-refractivity contribution in [2.75, 3.05) is 0 Å². The number of hydrogen-bond acceptors (Lipinski definition) is 4. The first-order valence-corrected chi connectivity index (χ1v) is 5.54. The topological polar surface area (TPSA) is 64.9 Å². The van der Waals surface area contributed by atoms with Crippen molar-refractivity contribution in [2.24, 2.45) is 5.73 Å². The largest absolute Gasteiger partial charge is 0.339 e. The maximum absolute atomic E-state index is 12.8. The zero-order valence-electron chi connectivity index (χ0n) is 9.56. The second kappa shape index (κ2) is 5.05. The van der Waals surface area contributed by atoms with E-state index >= 15 is 0 Å². The van der Waals surface area contributed by atoms with Gasteiger partial charge < -0.3 is 10.3 Å². The number of halogens is 1. The number of nitrogens with two attached hydrogens (primary N) is 1. The average molecular weight is 235 g/mol. The summed E-state index contributed by atoms with van der Waals surface area (Å²) in [6.07, 6.45) is 1.68. The van der Waals surface area contributed by atoms with E-state index in [9.17, 15) is 4.39 Å². The van der Waals surface area contributed by atoms with Gasteiger partial charge in [-0.05, 0) is 24.1 Å². The van der Waals surface area contributed by atoms with E-state index in [1.165, 1.54) is 12.1 Å². The lowest BCUT2D eigenvalue weighted by Crippen LogP contribution is -2.13. The first-order valence-electron chi connectivity index (χ1n) is 5.54. The molecule has 0 aliphatic heterocycles. The minimum Gasteiger partial charge on any atom is -0.339 e. The quantitative estimate of drug-likeness (QED) is 0.882. The zero-order chi connectivity index (χ0) is 12.3. The minimum absolute atomic E-state index is 0.291. The highest BCUT2D eigenvalue weighted by Gasteiger charge is 2.15. The molecule has 0 amide bonds. The maximum Gasteiger partial charge on any atom is 0.226 e. The summed E-state index contributed by atoms with van der Waals surface area (Å²) in [6, 6.07) is 5.49. The van der Waals surface area contributed by atoms with Gasteiger partial charge in [0.25, 0.3) is 0 Å². The summed E-state index contributed by atoms with van der Waals surface area (Å²) in [5.74, 6) is 0.723. The molecule has 0 bridgehead atoms. The van der Waals surface area contributed by atoms with Gasteiger partial charge in [0, 0.05) is 6.42 Å². The lowest BCUT2D eigenvalue weighted by Gasteiger charge is -2.06. The van der Waals surface area contributed by atoms with Crippen molar-refractivity contribution in [2.45, 2.75) is 25.8 Å². The highest BCUT2D eigenvalue weighted by atomic mass is 19.1. The Morgan fingerprint density at radius 3 is 2.71 bits per heavy atom. The van der Waals surface area contributed by atoms with Gasteiger partial charge in [-0.25, -0.2) is 4.39 Å². The van der Waals surface area contributed by atoms with Crippen LogP contribution in [0.1, 0.15) is 36.7 Å². The fourth-order valence-electron chi connectivity index (χ4n) is 1.53. The Bertz CT molecular complexity index is 481. The third-order valence-electron chi connectivity index (χ3n) is 2.45. The lowest BCUT2D eigenvalue weighted by molar-refractivity contribution is 0.370. The third kappa shape index (κ3) is 2.68. The van der Waals surface area contributed by atoms with Crippen molar-refractivity contribution >= 4 is 0 Å². The van der Waals surface area contributed by atoms with Crippen LogP contribution < -0.4 is 5.73 Å². The van der Waals surface area contributed by atoms with Crippen molar-refractivity contribution in [3.8, 4) is 0 Å². The molecule has 0 spiro atoms. The molecule has 2 aromatic rings. The normalized spacial score (nSPS) is 12.6. The summed E-state index contributed by atoms with van der Waals surface area (Å²) < 4.78 is 17.8. The predicted molar refractivity (Wildman–Crippen MR) is 60.7 cm³/mol. The Labute approximate surface area is 98.6 Å². The molecule has 1 aromatic heterocycles. The fraction of sp³-hybridized carbons (Fsp3) is 0.333. The molecule has 0 saturated heterocycles. The molecule has 0 radical (unpaired) electrons. The minimum atomic E-state index is -0.482. The molecule has 17 heavy (non-hydrogen) atoms. The van der Waals surface area contributed by atoms with Crippen LogP contribution in [0.25, 0.3) is 0 Å². The monoisotopic (exact) mass is 235 g/mol. The van der Waals surface area contributed by atoms with E-state index in [2.05, 4.69) is 10.1 Å². The molecule has 5 heteroatoms. The maximum atomic E-state index is 12.8. The van der Waals surface area contributed by atoms with Gasteiger partial charge in [-0.1, -0.05) is 24.2 Å². The summed E-state index contributed by atoms with van der Waals surface area (Å²) in [6.45, 7) is 2.03. The summed E-state index contributed by atoms with van der Waals surface area (Å²) in [5.41, 5.74) is 6.73. The molecule has 1 aromatic carbocycles. The Hall–Kier alpha value is -1.75. The number of nitrogens with zero attached hydrogens (tertiary/aromatic N) is 2. The number of benzene rings is 1. The Kier molecular flexibility index (Phi) is 3.49. The van der Waals surface area contributed by atoms with Crippen LogP contribution in [0.5, 0.6) is 0 Å². The molecule has 0 aliphatic rings. The number of aromatic nitrogens is 2. The molecular formula is C12H14FN3O. The van der Waals surface area contributed by atoms with Gasteiger partial charge >= 0.3 is 0 Å². The first-order chi connectivity index (χ1) is 8.20. The molecule has 1 heterocycles. The molecule has 1 unspecified atom stereocenters. The van der Waals surface area contributed by atoms with Crippen LogP contribution in [-0.4, -0.2) is 10.1 Å². The zero-order valence-corrected chi connectivity index (χ0v) is 9.56. The second-order valence-electron chi connectivity index (χ2n) is 3.83. The SMILES string of the molecule is CCCc1nc(C(N)c2ccc(F)cc2)no1. The summed E-state index contributed by atoms with van der Waals surface area (Å²) in [5, 5.41) is 3.83. The van der Waals surface area contributed by atoms with Crippen LogP contribution in [0.2, 0.25) is 0 Å². The molecule has 2 rings (SSSR count). The molecule has 0 aliphatic carbocycles. The smallest absolute Gasteiger partial charge is 0.226 e. The molecule has 0 saturated carbocycles. The van der Waals surface area contributed by atoms with Gasteiger partial charge in [0.05, 0.1) is 6.04 Å². The molecule has 2 N–H and O–H groups in total. The third-order valence-corrected chi connectivity index (χ3v) is 2.45. The molecular weight excluding hydrogens is 221 g/mol. The first kappa shape index (κ1) is 11.7. The highest BCUT2D eigenvalue weighted by Crippen LogP contribution is 2.17. The van der Waals surface area contributed by atoms with Gasteiger partial charge in [0.15, 0.2) is 5.82 Å². The summed E-state index contributed by atoms with van der Waals surface area (Å²) in [4.78, 5) is 4.20. The number of hydrogen-bond donors (Lipinski definition) is 1. The van der Waals surface area contributed by atoms with Crippen molar-refractivity contribution in [3.63, 3.8) is 0 Å². The molecule has 1 atom stereocenters. The van der Waals surface area contributed by atoms with Gasteiger partial charge in [-0.3, -0.25) is 0 Å². The van der Waals surface area contributed by atoms with E-state index in [4.69, 9.17) is 10.3 Å². The van der Waals surface area contributed by atoms with Gasteiger partial charge in [-0.2, -0.15) is 4.98 Å². The Morgan fingerprint density at radius 2 is 2.06 bits per heavy atom. The highest BCUT2D eigenvalue weighted by molar-refractivity contribution is 5.24. The summed E-state index contributed by atoms with van der Waals surface area (Å²) >= 11 is 0. The molecule has 90 valence electrons. The van der Waals surface area contributed by atoms with Crippen LogP contribution in [0.3, 0.4) is 0 Å². The standard InChI is InChI=1S/C12H14FN3O/c1-2-3-10-15-12(16-17-10)11(14)8-4-6-9(13)7-5-8/h4-7,11H,2-3,14H2,1H3. The van der Waals surface area contributed by atoms with Gasteiger partial charge in [0.1, 0.15) is 5.82 Å². The van der Waals surface area contributed by atoms with Gasteiger partial charge in [0.2, 0.25) is 5.89 Å². The van der Waals surface area contributed by atoms with E-state index in [1.54, 1.807) is 12.1 Å². The van der Waals surface area contributed by atoms with Crippen molar-refractivity contribution in [1.29, 1.82) is 0 Å². The van der Waals surface area contributed by atoms with Gasteiger partial charge in [-0.15, -0.1) is 0 Å². The van der Waals surface area contributed by atoms with E-state index < -0.39 is 6.04 Å². The molecule has 0 fully saturated rings. The Balaban J connectivity index is 2.18. The van der Waals surface area contributed by atoms with Crippen molar-refractivity contribution in [3.05, 3.63) is 47.4 Å². The molecule has 4 nitrogen and oxygen atoms in total. The average Bonchev–Trinajstić information content (AvgIpc) is 2.78. The van der Waals surface area contributed by atoms with E-state index in [0.29, 0.717) is 11.7 Å². The van der Waals surface area contributed by atoms with E-state index in [1.807, 2.05) is 6.92 Å². The second-order valence-corrected chi connectivity index (χ2v) is 3.83. The van der Waals surface area contributed by atoms with Crippen molar-refractivity contribution in [1.82, 2.24) is 10.1 Å². The van der Waals surface area contributed by atoms with Crippen LogP contribution >= 0.6 is 0 Å². The predicted octanol–water partition coefficient (Wildman–Crippen LogP) is 2.21. The van der Waals surface area contributed by atoms with Crippen LogP contribution in [0.4, 0.5) is 4.39 Å². The van der Waals surface area contributed by atoms with E-state index in [0.717, 1.165) is 18.4 Å². The van der Waals surface area contributed by atoms with Crippen LogP contribution in [0, 0.1) is 5.82 Å². The van der Waals surface area contributed by atoms with Crippen LogP contribution in [-0.2, 0) is 6.42 Å². The van der Waals surface area contributed by atoms with E-state index in [-0.39, 0.29) is 5.82 Å². The van der Waals surface area contributed by atoms with Crippen LogP contribution in [0.15, 0.2) is 28.8 Å².